The van der Waals surface area contributed by atoms with E-state index >= 15 is 0 Å². The third-order valence-corrected chi connectivity index (χ3v) is 5.72. The summed E-state index contributed by atoms with van der Waals surface area (Å²) in [5.74, 6) is 0. The molecule has 0 unspecified atom stereocenters. The van der Waals surface area contributed by atoms with E-state index in [0.29, 0.717) is 16.7 Å². The summed E-state index contributed by atoms with van der Waals surface area (Å²) in [4.78, 5) is 9.68. The van der Waals surface area contributed by atoms with Gasteiger partial charge in [0, 0.05) is 17.0 Å². The molecule has 3 rings (SSSR count). The van der Waals surface area contributed by atoms with E-state index in [4.69, 9.17) is 17.3 Å². The number of nitrogens with two attached hydrogens (primary N) is 1. The Kier molecular flexibility index (Phi) is 4.82. The Balaban J connectivity index is 1.95. The zero-order chi connectivity index (χ0) is 16.6. The molecule has 8 heteroatoms. The molecule has 0 aliphatic heterocycles. The van der Waals surface area contributed by atoms with Gasteiger partial charge < -0.3 is 11.1 Å². The van der Waals surface area contributed by atoms with Crippen LogP contribution in [0.4, 0.5) is 10.1 Å². The van der Waals surface area contributed by atoms with E-state index < -0.39 is 0 Å². The Labute approximate surface area is 146 Å². The maximum atomic E-state index is 13.0. The second kappa shape index (κ2) is 6.68. The van der Waals surface area contributed by atoms with Crippen molar-refractivity contribution in [3.05, 3.63) is 38.0 Å². The summed E-state index contributed by atoms with van der Waals surface area (Å²) < 4.78 is 14.1. The molecule has 0 amide bonds. The Morgan fingerprint density at radius 1 is 1.43 bits per heavy atom. The van der Waals surface area contributed by atoms with Crippen LogP contribution in [-0.4, -0.2) is 16.0 Å². The van der Waals surface area contributed by atoms with Crippen LogP contribution in [0.3, 0.4) is 0 Å². The van der Waals surface area contributed by atoms with Crippen molar-refractivity contribution in [2.45, 2.75) is 32.9 Å². The lowest BCUT2D eigenvalue weighted by atomic mass is 10.1. The minimum Gasteiger partial charge on any atom is -0.377 e. The van der Waals surface area contributed by atoms with Crippen molar-refractivity contribution >= 4 is 50.2 Å². The standard InChI is InChI=1S/C15H16ClFN4S2/c1-7(18)3-10-8(2)14-15(22-10)9(4-11(16)21-14)19-6-13-20-5-12(17)23-13/h4-5,7H,3,6,18H2,1-2H3,(H,19,21)/t7-/m0/s1. The van der Waals surface area contributed by atoms with Crippen LogP contribution in [0.2, 0.25) is 5.15 Å². The minimum absolute atomic E-state index is 0.0898. The molecule has 0 saturated carbocycles. The Morgan fingerprint density at radius 2 is 2.22 bits per heavy atom. The maximum Gasteiger partial charge on any atom is 0.196 e. The van der Waals surface area contributed by atoms with Crippen LogP contribution >= 0.6 is 34.3 Å². The van der Waals surface area contributed by atoms with Crippen LogP contribution in [0.25, 0.3) is 10.2 Å². The third kappa shape index (κ3) is 3.63. The number of pyridine rings is 1. The van der Waals surface area contributed by atoms with Gasteiger partial charge in [0.1, 0.15) is 10.2 Å². The first kappa shape index (κ1) is 16.6. The number of anilines is 1. The normalized spacial score (nSPS) is 12.7. The molecule has 0 spiro atoms. The molecule has 0 radical (unpaired) electrons. The Morgan fingerprint density at radius 3 is 2.87 bits per heavy atom. The number of rotatable bonds is 5. The predicted molar refractivity (Wildman–Crippen MR) is 96.1 cm³/mol. The number of fused-ring (bicyclic) bond motifs is 1. The minimum atomic E-state index is -0.286. The number of hydrogen-bond donors (Lipinski definition) is 2. The highest BCUT2D eigenvalue weighted by molar-refractivity contribution is 7.19. The number of thiophene rings is 1. The first-order chi connectivity index (χ1) is 10.9. The zero-order valence-corrected chi connectivity index (χ0v) is 15.1. The van der Waals surface area contributed by atoms with Gasteiger partial charge in [0.05, 0.1) is 28.6 Å². The molecule has 3 aromatic heterocycles. The van der Waals surface area contributed by atoms with Gasteiger partial charge in [-0.3, -0.25) is 0 Å². The Bertz CT molecular complexity index is 843. The molecule has 122 valence electrons. The van der Waals surface area contributed by atoms with Crippen LogP contribution in [0.15, 0.2) is 12.3 Å². The number of thiazole rings is 1. The fraction of sp³-hybridized carbons (Fsp3) is 0.333. The fourth-order valence-electron chi connectivity index (χ4n) is 2.35. The van der Waals surface area contributed by atoms with Crippen molar-refractivity contribution in [1.29, 1.82) is 0 Å². The quantitative estimate of drug-likeness (QED) is 0.655. The van der Waals surface area contributed by atoms with Gasteiger partial charge in [0.25, 0.3) is 0 Å². The van der Waals surface area contributed by atoms with E-state index in [0.717, 1.165) is 39.2 Å². The second-order valence-electron chi connectivity index (χ2n) is 5.41. The summed E-state index contributed by atoms with van der Waals surface area (Å²) in [5, 5.41) is 4.12. The summed E-state index contributed by atoms with van der Waals surface area (Å²) in [6.45, 7) is 4.48. The first-order valence-electron chi connectivity index (χ1n) is 7.12. The van der Waals surface area contributed by atoms with Crippen molar-refractivity contribution in [1.82, 2.24) is 9.97 Å². The van der Waals surface area contributed by atoms with Gasteiger partial charge >= 0.3 is 0 Å². The number of halogens is 2. The van der Waals surface area contributed by atoms with E-state index in [1.54, 1.807) is 17.4 Å². The largest absolute Gasteiger partial charge is 0.377 e. The topological polar surface area (TPSA) is 63.8 Å². The molecule has 4 nitrogen and oxygen atoms in total. The molecular weight excluding hydrogens is 355 g/mol. The number of nitrogens with one attached hydrogen (secondary N) is 1. The van der Waals surface area contributed by atoms with Crippen molar-refractivity contribution in [3.63, 3.8) is 0 Å². The summed E-state index contributed by atoms with van der Waals surface area (Å²) in [6, 6.07) is 1.88. The van der Waals surface area contributed by atoms with Crippen LogP contribution in [0.5, 0.6) is 0 Å². The first-order valence-corrected chi connectivity index (χ1v) is 9.13. The fourth-order valence-corrected chi connectivity index (χ4v) is 4.50. The molecule has 3 aromatic rings. The van der Waals surface area contributed by atoms with Crippen LogP contribution in [0.1, 0.15) is 22.4 Å². The lowest BCUT2D eigenvalue weighted by molar-refractivity contribution is 0.653. The van der Waals surface area contributed by atoms with Gasteiger partial charge in [-0.2, -0.15) is 4.39 Å². The molecule has 3 heterocycles. The van der Waals surface area contributed by atoms with Gasteiger partial charge in [-0.05, 0) is 25.8 Å². The lowest BCUT2D eigenvalue weighted by Crippen LogP contribution is -2.17. The molecular formula is C15H16ClFN4S2. The van der Waals surface area contributed by atoms with Gasteiger partial charge in [-0.1, -0.05) is 22.9 Å². The van der Waals surface area contributed by atoms with E-state index in [9.17, 15) is 4.39 Å². The zero-order valence-electron chi connectivity index (χ0n) is 12.7. The predicted octanol–water partition coefficient (Wildman–Crippen LogP) is 4.36. The number of aromatic nitrogens is 2. The molecule has 0 aromatic carbocycles. The lowest BCUT2D eigenvalue weighted by Gasteiger charge is -2.06. The molecule has 1 atom stereocenters. The van der Waals surface area contributed by atoms with Gasteiger partial charge in [0.15, 0.2) is 5.13 Å². The van der Waals surface area contributed by atoms with Crippen LogP contribution in [0, 0.1) is 12.1 Å². The second-order valence-corrected chi connectivity index (χ2v) is 7.97. The average Bonchev–Trinajstić information content (AvgIpc) is 3.02. The van der Waals surface area contributed by atoms with Crippen molar-refractivity contribution in [2.75, 3.05) is 5.32 Å². The number of nitrogens with zero attached hydrogens (tertiary/aromatic N) is 2. The third-order valence-electron chi connectivity index (χ3n) is 3.40. The van der Waals surface area contributed by atoms with Gasteiger partial charge in [-0.25, -0.2) is 9.97 Å². The van der Waals surface area contributed by atoms with E-state index in [1.165, 1.54) is 11.1 Å². The summed E-state index contributed by atoms with van der Waals surface area (Å²) in [6.07, 6.45) is 2.04. The summed E-state index contributed by atoms with van der Waals surface area (Å²) in [7, 11) is 0. The highest BCUT2D eigenvalue weighted by atomic mass is 35.5. The van der Waals surface area contributed by atoms with Crippen molar-refractivity contribution in [3.8, 4) is 0 Å². The van der Waals surface area contributed by atoms with Crippen LogP contribution in [-0.2, 0) is 13.0 Å². The molecule has 0 aliphatic rings. The SMILES string of the molecule is Cc1c(C[C@H](C)N)sc2c(NCc3ncc(F)s3)cc(Cl)nc12. The summed E-state index contributed by atoms with van der Waals surface area (Å²) >= 11 is 8.86. The van der Waals surface area contributed by atoms with Gasteiger partial charge in [0.2, 0.25) is 0 Å². The van der Waals surface area contributed by atoms with Crippen LogP contribution < -0.4 is 11.1 Å². The van der Waals surface area contributed by atoms with E-state index in [2.05, 4.69) is 15.3 Å². The molecule has 0 fully saturated rings. The molecule has 0 saturated heterocycles. The molecule has 0 aliphatic carbocycles. The van der Waals surface area contributed by atoms with E-state index in [1.807, 2.05) is 13.8 Å². The monoisotopic (exact) mass is 370 g/mol. The van der Waals surface area contributed by atoms with E-state index in [-0.39, 0.29) is 11.2 Å². The van der Waals surface area contributed by atoms with Gasteiger partial charge in [-0.15, -0.1) is 11.3 Å². The molecule has 3 N–H and O–H groups in total. The van der Waals surface area contributed by atoms with Crippen molar-refractivity contribution in [2.24, 2.45) is 5.73 Å². The number of aryl methyl sites for hydroxylation is 1. The highest BCUT2D eigenvalue weighted by Crippen LogP contribution is 2.37. The molecule has 23 heavy (non-hydrogen) atoms. The Hall–Kier alpha value is -1.28. The number of hydrogen-bond acceptors (Lipinski definition) is 6. The average molecular weight is 371 g/mol. The van der Waals surface area contributed by atoms with Crippen molar-refractivity contribution < 1.29 is 4.39 Å². The highest BCUT2D eigenvalue weighted by Gasteiger charge is 2.15. The summed E-state index contributed by atoms with van der Waals surface area (Å²) in [5.41, 5.74) is 8.82. The molecule has 0 bridgehead atoms. The maximum absolute atomic E-state index is 13.0. The smallest absolute Gasteiger partial charge is 0.196 e.